The van der Waals surface area contributed by atoms with Gasteiger partial charge >= 0.3 is 0 Å². The van der Waals surface area contributed by atoms with Crippen molar-refractivity contribution in [2.75, 3.05) is 5.75 Å². The van der Waals surface area contributed by atoms with Crippen LogP contribution in [0.25, 0.3) is 10.4 Å². The maximum Gasteiger partial charge on any atom is 0.160 e. The molecule has 0 N–H and O–H groups in total. The number of aldehydes is 1. The van der Waals surface area contributed by atoms with Crippen LogP contribution < -0.4 is 0 Å². The Labute approximate surface area is 104 Å². The van der Waals surface area contributed by atoms with Crippen LogP contribution in [-0.2, 0) is 0 Å². The quantitative estimate of drug-likeness (QED) is 0.591. The lowest BCUT2D eigenvalue weighted by Crippen LogP contribution is -1.74. The van der Waals surface area contributed by atoms with Gasteiger partial charge in [-0.2, -0.15) is 0 Å². The minimum Gasteiger partial charge on any atom is -0.297 e. The molecule has 0 spiro atoms. The maximum atomic E-state index is 10.6. The molecule has 1 aromatic carbocycles. The molecule has 0 saturated heterocycles. The van der Waals surface area contributed by atoms with Crippen molar-refractivity contribution in [3.8, 4) is 10.4 Å². The van der Waals surface area contributed by atoms with E-state index in [1.165, 1.54) is 21.8 Å². The van der Waals surface area contributed by atoms with Crippen LogP contribution in [0.1, 0.15) is 16.6 Å². The van der Waals surface area contributed by atoms with Gasteiger partial charge in [0.2, 0.25) is 0 Å². The van der Waals surface area contributed by atoms with E-state index >= 15 is 0 Å². The molecular weight excluding hydrogens is 236 g/mol. The summed E-state index contributed by atoms with van der Waals surface area (Å²) >= 11 is 3.37. The summed E-state index contributed by atoms with van der Waals surface area (Å²) in [6.45, 7) is 2.15. The standard InChI is InChI=1S/C13H12OS2/c1-2-15-11-5-3-10(4-6-11)13-8-7-12(9-14)16-13/h3-9H,2H2,1H3. The molecule has 0 radical (unpaired) electrons. The van der Waals surface area contributed by atoms with Crippen molar-refractivity contribution in [2.45, 2.75) is 11.8 Å². The molecule has 0 aliphatic heterocycles. The summed E-state index contributed by atoms with van der Waals surface area (Å²) in [6.07, 6.45) is 0.898. The maximum absolute atomic E-state index is 10.6. The number of thiophene rings is 1. The van der Waals surface area contributed by atoms with Gasteiger partial charge in [0.05, 0.1) is 4.88 Å². The summed E-state index contributed by atoms with van der Waals surface area (Å²) in [6, 6.07) is 12.3. The van der Waals surface area contributed by atoms with Gasteiger partial charge in [-0.25, -0.2) is 0 Å². The van der Waals surface area contributed by atoms with E-state index in [2.05, 4.69) is 31.2 Å². The zero-order chi connectivity index (χ0) is 11.4. The van der Waals surface area contributed by atoms with Crippen molar-refractivity contribution < 1.29 is 4.79 Å². The Kier molecular flexibility index (Phi) is 3.80. The molecule has 82 valence electrons. The minimum absolute atomic E-state index is 0.780. The van der Waals surface area contributed by atoms with Crippen LogP contribution in [0, 0.1) is 0 Å². The molecule has 2 aromatic rings. The van der Waals surface area contributed by atoms with Crippen LogP contribution in [0.5, 0.6) is 0 Å². The normalized spacial score (nSPS) is 10.3. The highest BCUT2D eigenvalue weighted by molar-refractivity contribution is 7.99. The van der Waals surface area contributed by atoms with Gasteiger partial charge in [-0.1, -0.05) is 19.1 Å². The molecule has 0 bridgehead atoms. The van der Waals surface area contributed by atoms with Gasteiger partial charge in [0.1, 0.15) is 0 Å². The van der Waals surface area contributed by atoms with Crippen LogP contribution in [0.3, 0.4) is 0 Å². The SMILES string of the molecule is CCSc1ccc(-c2ccc(C=O)s2)cc1. The summed E-state index contributed by atoms with van der Waals surface area (Å²) in [5, 5.41) is 0. The lowest BCUT2D eigenvalue weighted by Gasteiger charge is -2.00. The molecule has 0 unspecified atom stereocenters. The number of rotatable bonds is 4. The number of carbonyl (C=O) groups is 1. The fourth-order valence-electron chi connectivity index (χ4n) is 1.45. The Bertz CT molecular complexity index is 471. The number of thioether (sulfide) groups is 1. The van der Waals surface area contributed by atoms with Gasteiger partial charge < -0.3 is 0 Å². The van der Waals surface area contributed by atoms with Gasteiger partial charge in [0.25, 0.3) is 0 Å². The van der Waals surface area contributed by atoms with Gasteiger partial charge in [0, 0.05) is 9.77 Å². The number of hydrogen-bond donors (Lipinski definition) is 0. The summed E-state index contributed by atoms with van der Waals surface area (Å²) in [5.74, 6) is 1.09. The van der Waals surface area contributed by atoms with E-state index in [1.807, 2.05) is 23.9 Å². The average Bonchev–Trinajstić information content (AvgIpc) is 2.79. The lowest BCUT2D eigenvalue weighted by molar-refractivity contribution is 0.112. The molecular formula is C13H12OS2. The van der Waals surface area contributed by atoms with E-state index in [1.54, 1.807) is 0 Å². The summed E-state index contributed by atoms with van der Waals surface area (Å²) in [7, 11) is 0. The predicted octanol–water partition coefficient (Wildman–Crippen LogP) is 4.34. The number of carbonyl (C=O) groups excluding carboxylic acids is 1. The van der Waals surface area contributed by atoms with E-state index in [4.69, 9.17) is 0 Å². The summed E-state index contributed by atoms with van der Waals surface area (Å²) in [4.78, 5) is 13.8. The van der Waals surface area contributed by atoms with Crippen molar-refractivity contribution in [3.63, 3.8) is 0 Å². The fraction of sp³-hybridized carbons (Fsp3) is 0.154. The van der Waals surface area contributed by atoms with Crippen LogP contribution in [-0.4, -0.2) is 12.0 Å². The average molecular weight is 248 g/mol. The topological polar surface area (TPSA) is 17.1 Å². The van der Waals surface area contributed by atoms with Crippen LogP contribution in [0.15, 0.2) is 41.3 Å². The Morgan fingerprint density at radius 2 is 1.94 bits per heavy atom. The number of benzene rings is 1. The van der Waals surface area contributed by atoms with Gasteiger partial charge in [-0.15, -0.1) is 23.1 Å². The second kappa shape index (κ2) is 5.32. The lowest BCUT2D eigenvalue weighted by atomic mass is 10.2. The van der Waals surface area contributed by atoms with E-state index in [0.717, 1.165) is 21.8 Å². The van der Waals surface area contributed by atoms with Crippen molar-refractivity contribution in [1.29, 1.82) is 0 Å². The van der Waals surface area contributed by atoms with Gasteiger partial charge in [0.15, 0.2) is 6.29 Å². The molecule has 1 aromatic heterocycles. The van der Waals surface area contributed by atoms with E-state index in [0.29, 0.717) is 0 Å². The van der Waals surface area contributed by atoms with Crippen LogP contribution >= 0.6 is 23.1 Å². The Morgan fingerprint density at radius 1 is 1.19 bits per heavy atom. The molecule has 0 fully saturated rings. The van der Waals surface area contributed by atoms with Crippen molar-refractivity contribution >= 4 is 29.4 Å². The van der Waals surface area contributed by atoms with Crippen molar-refractivity contribution in [3.05, 3.63) is 41.3 Å². The zero-order valence-electron chi connectivity index (χ0n) is 8.97. The molecule has 0 saturated carbocycles. The second-order valence-corrected chi connectivity index (χ2v) is 5.73. The smallest absolute Gasteiger partial charge is 0.160 e. The first-order valence-electron chi connectivity index (χ1n) is 5.11. The third-order valence-electron chi connectivity index (χ3n) is 2.19. The highest BCUT2D eigenvalue weighted by Gasteiger charge is 2.02. The summed E-state index contributed by atoms with van der Waals surface area (Å²) < 4.78 is 0. The minimum atomic E-state index is 0.780. The molecule has 0 aliphatic rings. The molecule has 16 heavy (non-hydrogen) atoms. The third-order valence-corrected chi connectivity index (χ3v) is 4.15. The Hall–Kier alpha value is -1.06. The first-order valence-corrected chi connectivity index (χ1v) is 6.92. The van der Waals surface area contributed by atoms with Gasteiger partial charge in [-0.05, 0) is 35.6 Å². The van der Waals surface area contributed by atoms with Gasteiger partial charge in [-0.3, -0.25) is 4.79 Å². The zero-order valence-corrected chi connectivity index (χ0v) is 10.6. The number of hydrogen-bond acceptors (Lipinski definition) is 3. The highest BCUT2D eigenvalue weighted by atomic mass is 32.2. The molecule has 0 amide bonds. The Morgan fingerprint density at radius 3 is 2.50 bits per heavy atom. The molecule has 0 aliphatic carbocycles. The highest BCUT2D eigenvalue weighted by Crippen LogP contribution is 2.29. The van der Waals surface area contributed by atoms with Crippen molar-refractivity contribution in [1.82, 2.24) is 0 Å². The first kappa shape index (κ1) is 11.4. The summed E-state index contributed by atoms with van der Waals surface area (Å²) in [5.41, 5.74) is 1.18. The molecule has 3 heteroatoms. The third kappa shape index (κ3) is 2.54. The first-order chi connectivity index (χ1) is 7.83. The van der Waals surface area contributed by atoms with Crippen molar-refractivity contribution in [2.24, 2.45) is 0 Å². The van der Waals surface area contributed by atoms with E-state index in [9.17, 15) is 4.79 Å². The Balaban J connectivity index is 2.23. The second-order valence-electron chi connectivity index (χ2n) is 3.28. The van der Waals surface area contributed by atoms with E-state index in [-0.39, 0.29) is 0 Å². The largest absolute Gasteiger partial charge is 0.297 e. The fourth-order valence-corrected chi connectivity index (χ4v) is 2.94. The molecule has 1 nitrogen and oxygen atoms in total. The monoisotopic (exact) mass is 248 g/mol. The van der Waals surface area contributed by atoms with E-state index < -0.39 is 0 Å². The van der Waals surface area contributed by atoms with Crippen LogP contribution in [0.4, 0.5) is 0 Å². The molecule has 2 rings (SSSR count). The predicted molar refractivity (Wildman–Crippen MR) is 71.5 cm³/mol. The molecule has 0 atom stereocenters. The van der Waals surface area contributed by atoms with Crippen LogP contribution in [0.2, 0.25) is 0 Å². The molecule has 1 heterocycles.